The second kappa shape index (κ2) is 5.86. The Bertz CT molecular complexity index is 720. The largest absolute Gasteiger partial charge is 0.491 e. The van der Waals surface area contributed by atoms with Gasteiger partial charge in [0.2, 0.25) is 5.91 Å². The Balaban J connectivity index is 1.40. The maximum Gasteiger partial charge on any atom is 0.310 e. The summed E-state index contributed by atoms with van der Waals surface area (Å²) in [5.41, 5.74) is -0.870. The summed E-state index contributed by atoms with van der Waals surface area (Å²) in [6.07, 6.45) is 2.11. The quantitative estimate of drug-likeness (QED) is 0.720. The molecule has 1 aromatic rings. The topological polar surface area (TPSA) is 96.3 Å². The molecule has 4 rings (SSSR count). The molecule has 2 saturated heterocycles. The van der Waals surface area contributed by atoms with Crippen LogP contribution in [0, 0.1) is 11.8 Å². The summed E-state index contributed by atoms with van der Waals surface area (Å²) in [5, 5.41) is 19.6. The van der Waals surface area contributed by atoms with Gasteiger partial charge < -0.3 is 24.6 Å². The molecule has 1 amide bonds. The van der Waals surface area contributed by atoms with E-state index in [0.717, 1.165) is 0 Å². The highest BCUT2D eigenvalue weighted by Gasteiger charge is 2.67. The fourth-order valence-electron chi connectivity index (χ4n) is 4.03. The van der Waals surface area contributed by atoms with Crippen LogP contribution in [0.5, 0.6) is 5.75 Å². The third kappa shape index (κ3) is 2.60. The fraction of sp³-hybridized carbons (Fsp3) is 0.444. The van der Waals surface area contributed by atoms with Crippen LogP contribution in [0.1, 0.15) is 0 Å². The Labute approximate surface area is 144 Å². The van der Waals surface area contributed by atoms with Crippen molar-refractivity contribution < 1.29 is 29.3 Å². The molecule has 0 radical (unpaired) electrons. The van der Waals surface area contributed by atoms with E-state index in [4.69, 9.17) is 9.47 Å². The van der Waals surface area contributed by atoms with Gasteiger partial charge in [-0.2, -0.15) is 0 Å². The van der Waals surface area contributed by atoms with Gasteiger partial charge in [0.05, 0.1) is 25.1 Å². The van der Waals surface area contributed by atoms with Gasteiger partial charge in [0.15, 0.2) is 0 Å². The van der Waals surface area contributed by atoms with E-state index in [1.807, 2.05) is 18.2 Å². The first-order valence-corrected chi connectivity index (χ1v) is 8.25. The van der Waals surface area contributed by atoms with Crippen LogP contribution in [0.3, 0.4) is 0 Å². The number of β-amino-alcohol motifs (C(OH)–C–C–N with tert-alkyl or cyclic N) is 1. The first-order chi connectivity index (χ1) is 12.0. The van der Waals surface area contributed by atoms with Crippen molar-refractivity contribution in [2.24, 2.45) is 11.8 Å². The lowest BCUT2D eigenvalue weighted by Crippen LogP contribution is -2.40. The number of aliphatic carboxylic acids is 1. The van der Waals surface area contributed by atoms with Gasteiger partial charge in [-0.15, -0.1) is 0 Å². The molecular formula is C18H19NO6. The van der Waals surface area contributed by atoms with Gasteiger partial charge in [-0.25, -0.2) is 0 Å². The number of likely N-dealkylation sites (tertiary alicyclic amines) is 1. The standard InChI is InChI=1S/C18H19NO6/c20-11(9-24-12-4-2-1-3-5-12)8-19-10-18-7-6-13(25-18)14(17(22)23)15(18)16(19)21/h1-7,11,13-15,20H,8-10H2,(H,22,23)/t11-,13-,14+,15-,18-/m1/s1. The maximum absolute atomic E-state index is 12.7. The molecule has 0 unspecified atom stereocenters. The molecule has 0 aromatic heterocycles. The zero-order valence-electron chi connectivity index (χ0n) is 13.4. The number of ether oxygens (including phenoxy) is 2. The molecule has 7 nitrogen and oxygen atoms in total. The number of carbonyl (C=O) groups excluding carboxylic acids is 1. The van der Waals surface area contributed by atoms with E-state index in [1.54, 1.807) is 24.3 Å². The normalized spacial score (nSPS) is 33.6. The molecule has 1 spiro atoms. The van der Waals surface area contributed by atoms with Crippen molar-refractivity contribution >= 4 is 11.9 Å². The summed E-state index contributed by atoms with van der Waals surface area (Å²) in [6.45, 7) is 0.390. The van der Waals surface area contributed by atoms with Gasteiger partial charge in [0.1, 0.15) is 30.0 Å². The minimum Gasteiger partial charge on any atom is -0.491 e. The number of carbonyl (C=O) groups is 2. The van der Waals surface area contributed by atoms with Crippen LogP contribution in [0.4, 0.5) is 0 Å². The summed E-state index contributed by atoms with van der Waals surface area (Å²) >= 11 is 0. The van der Waals surface area contributed by atoms with Crippen LogP contribution >= 0.6 is 0 Å². The lowest BCUT2D eigenvalue weighted by molar-refractivity contribution is -0.148. The van der Waals surface area contributed by atoms with Crippen LogP contribution in [0.15, 0.2) is 42.5 Å². The zero-order chi connectivity index (χ0) is 17.6. The van der Waals surface area contributed by atoms with Crippen molar-refractivity contribution in [3.05, 3.63) is 42.5 Å². The predicted octanol–water partition coefficient (Wildman–Crippen LogP) is 0.293. The fourth-order valence-corrected chi connectivity index (χ4v) is 4.03. The summed E-state index contributed by atoms with van der Waals surface area (Å²) in [6, 6.07) is 9.10. The Kier molecular flexibility index (Phi) is 3.77. The number of carboxylic acids is 1. The Hall–Kier alpha value is -2.38. The van der Waals surface area contributed by atoms with E-state index in [9.17, 15) is 19.8 Å². The van der Waals surface area contributed by atoms with Crippen LogP contribution in [-0.2, 0) is 14.3 Å². The van der Waals surface area contributed by atoms with Gasteiger partial charge in [-0.3, -0.25) is 9.59 Å². The minimum atomic E-state index is -1.02. The van der Waals surface area contributed by atoms with E-state index < -0.39 is 35.6 Å². The molecule has 25 heavy (non-hydrogen) atoms. The Morgan fingerprint density at radius 3 is 2.88 bits per heavy atom. The van der Waals surface area contributed by atoms with Crippen molar-refractivity contribution in [1.29, 1.82) is 0 Å². The Morgan fingerprint density at radius 2 is 2.16 bits per heavy atom. The second-order valence-corrected chi connectivity index (χ2v) is 6.73. The molecule has 132 valence electrons. The van der Waals surface area contributed by atoms with E-state index in [0.29, 0.717) is 5.75 Å². The number of benzene rings is 1. The van der Waals surface area contributed by atoms with E-state index >= 15 is 0 Å². The summed E-state index contributed by atoms with van der Waals surface area (Å²) in [5.74, 6) is -2.24. The molecule has 2 fully saturated rings. The van der Waals surface area contributed by atoms with Gasteiger partial charge in [0, 0.05) is 0 Å². The molecule has 7 heteroatoms. The number of nitrogens with zero attached hydrogens (tertiary/aromatic N) is 1. The SMILES string of the molecule is O=C(O)[C@H]1[C@H]2C=C[C@]3(CN(C[C@@H](O)COc4ccccc4)C(=O)[C@@H]13)O2. The molecule has 1 aromatic carbocycles. The van der Waals surface area contributed by atoms with Gasteiger partial charge in [-0.05, 0) is 12.1 Å². The summed E-state index contributed by atoms with van der Waals surface area (Å²) < 4.78 is 11.3. The van der Waals surface area contributed by atoms with Crippen molar-refractivity contribution in [3.63, 3.8) is 0 Å². The number of amides is 1. The van der Waals surface area contributed by atoms with E-state index in [1.165, 1.54) is 4.90 Å². The second-order valence-electron chi connectivity index (χ2n) is 6.73. The number of fused-ring (bicyclic) bond motifs is 1. The molecule has 0 saturated carbocycles. The smallest absolute Gasteiger partial charge is 0.310 e. The van der Waals surface area contributed by atoms with Crippen LogP contribution in [-0.4, -0.2) is 64.5 Å². The molecular weight excluding hydrogens is 326 g/mol. The van der Waals surface area contributed by atoms with Crippen LogP contribution < -0.4 is 4.74 Å². The highest BCUT2D eigenvalue weighted by molar-refractivity contribution is 5.90. The van der Waals surface area contributed by atoms with Crippen molar-refractivity contribution in [2.45, 2.75) is 17.8 Å². The summed E-state index contributed by atoms with van der Waals surface area (Å²) in [4.78, 5) is 25.7. The molecule has 0 aliphatic carbocycles. The van der Waals surface area contributed by atoms with Gasteiger partial charge >= 0.3 is 5.97 Å². The minimum absolute atomic E-state index is 0.0488. The van der Waals surface area contributed by atoms with Gasteiger partial charge in [0.25, 0.3) is 0 Å². The first kappa shape index (κ1) is 16.1. The third-order valence-corrected chi connectivity index (χ3v) is 5.08. The number of hydrogen-bond acceptors (Lipinski definition) is 5. The number of aliphatic hydroxyl groups excluding tert-OH is 1. The molecule has 3 aliphatic rings. The van der Waals surface area contributed by atoms with Crippen molar-refractivity contribution in [3.8, 4) is 5.75 Å². The lowest BCUT2D eigenvalue weighted by Gasteiger charge is -2.23. The highest BCUT2D eigenvalue weighted by Crippen LogP contribution is 2.51. The summed E-state index contributed by atoms with van der Waals surface area (Å²) in [7, 11) is 0. The van der Waals surface area contributed by atoms with E-state index in [-0.39, 0.29) is 25.6 Å². The molecule has 2 bridgehead atoms. The molecule has 5 atom stereocenters. The molecule has 2 N–H and O–H groups in total. The monoisotopic (exact) mass is 345 g/mol. The van der Waals surface area contributed by atoms with Crippen molar-refractivity contribution in [2.75, 3.05) is 19.7 Å². The first-order valence-electron chi connectivity index (χ1n) is 8.25. The lowest BCUT2D eigenvalue weighted by atomic mass is 9.77. The number of carboxylic acid groups (broad SMARTS) is 1. The number of hydrogen-bond donors (Lipinski definition) is 2. The third-order valence-electron chi connectivity index (χ3n) is 5.08. The predicted molar refractivity (Wildman–Crippen MR) is 85.9 cm³/mol. The number of para-hydroxylation sites is 1. The number of aliphatic hydroxyl groups is 1. The number of rotatable bonds is 6. The van der Waals surface area contributed by atoms with Gasteiger partial charge in [-0.1, -0.05) is 30.4 Å². The Morgan fingerprint density at radius 1 is 1.40 bits per heavy atom. The van der Waals surface area contributed by atoms with Crippen LogP contribution in [0.25, 0.3) is 0 Å². The zero-order valence-corrected chi connectivity index (χ0v) is 13.4. The maximum atomic E-state index is 12.7. The highest BCUT2D eigenvalue weighted by atomic mass is 16.5. The molecule has 3 aliphatic heterocycles. The van der Waals surface area contributed by atoms with E-state index in [2.05, 4.69) is 0 Å². The molecule has 3 heterocycles. The average molecular weight is 345 g/mol. The van der Waals surface area contributed by atoms with Crippen molar-refractivity contribution in [1.82, 2.24) is 4.90 Å². The van der Waals surface area contributed by atoms with Crippen LogP contribution in [0.2, 0.25) is 0 Å². The average Bonchev–Trinajstić information content (AvgIpc) is 3.22.